The first-order valence-electron chi connectivity index (χ1n) is 17.3. The van der Waals surface area contributed by atoms with Crippen LogP contribution in [0.1, 0.15) is 119 Å². The molecule has 0 heterocycles. The van der Waals surface area contributed by atoms with E-state index in [2.05, 4.69) is 72.6 Å². The molecule has 0 radical (unpaired) electrons. The minimum atomic E-state index is -3.04. The SMILES string of the molecule is CCC[CH2][Sn]([CH2]CCC)([CH2]CCC)[CH]([C@@H](C(=O)OC)[C@H](O)C#C[Si](C)(C)C)[Sn]([CH2]CCC)([CH2]CCC)[CH2]CCC. The van der Waals surface area contributed by atoms with E-state index in [9.17, 15) is 9.90 Å². The molecule has 0 spiro atoms. The molecule has 0 aromatic heterocycles. The number of carbonyl (C=O) groups is 1. The van der Waals surface area contributed by atoms with E-state index >= 15 is 0 Å². The van der Waals surface area contributed by atoms with E-state index in [-0.39, 0.29) is 5.97 Å². The maximum atomic E-state index is 14.1. The predicted molar refractivity (Wildman–Crippen MR) is 186 cm³/mol. The molecule has 0 aromatic carbocycles. The van der Waals surface area contributed by atoms with Crippen LogP contribution in [0, 0.1) is 17.4 Å². The number of rotatable bonds is 23. The summed E-state index contributed by atoms with van der Waals surface area (Å²) >= 11 is -6.07. The van der Waals surface area contributed by atoms with Crippen molar-refractivity contribution in [1.29, 1.82) is 0 Å². The van der Waals surface area contributed by atoms with E-state index in [0.29, 0.717) is 1.95 Å². The number of ether oxygens (including phenoxy) is 1. The van der Waals surface area contributed by atoms with E-state index in [4.69, 9.17) is 4.74 Å². The summed E-state index contributed by atoms with van der Waals surface area (Å²) in [5.41, 5.74) is 3.48. The van der Waals surface area contributed by atoms with E-state index < -0.39 is 56.8 Å². The van der Waals surface area contributed by atoms with Gasteiger partial charge < -0.3 is 0 Å². The second kappa shape index (κ2) is 22.3. The van der Waals surface area contributed by atoms with Gasteiger partial charge in [0.05, 0.1) is 0 Å². The van der Waals surface area contributed by atoms with Gasteiger partial charge in [-0.1, -0.05) is 0 Å². The van der Waals surface area contributed by atoms with Gasteiger partial charge in [0.1, 0.15) is 0 Å². The molecule has 0 unspecified atom stereocenters. The van der Waals surface area contributed by atoms with Crippen LogP contribution < -0.4 is 0 Å². The normalized spacial score (nSPS) is 14.1. The third-order valence-electron chi connectivity index (χ3n) is 9.26. The number of aliphatic hydroxyl groups is 1. The van der Waals surface area contributed by atoms with E-state index in [0.717, 1.165) is 0 Å². The fourth-order valence-electron chi connectivity index (χ4n) is 7.23. The van der Waals surface area contributed by atoms with Gasteiger partial charge in [-0.3, -0.25) is 0 Å². The summed E-state index contributed by atoms with van der Waals surface area (Å²) in [6, 6.07) is 0. The van der Waals surface area contributed by atoms with Crippen molar-refractivity contribution < 1.29 is 14.6 Å². The quantitative estimate of drug-likeness (QED) is 0.0637. The summed E-state index contributed by atoms with van der Waals surface area (Å²) < 4.78 is 14.5. The van der Waals surface area contributed by atoms with Crippen LogP contribution in [0.3, 0.4) is 0 Å². The monoisotopic (exact) mass is 794 g/mol. The Morgan fingerprint density at radius 2 is 0.975 bits per heavy atom. The van der Waals surface area contributed by atoms with Crippen LogP contribution in [0.5, 0.6) is 0 Å². The van der Waals surface area contributed by atoms with Crippen LogP contribution in [0.4, 0.5) is 0 Å². The number of unbranched alkanes of at least 4 members (excludes halogenated alkanes) is 6. The zero-order chi connectivity index (χ0) is 30.7. The van der Waals surface area contributed by atoms with Gasteiger partial charge in [0.2, 0.25) is 0 Å². The third kappa shape index (κ3) is 14.1. The molecule has 3 nitrogen and oxygen atoms in total. The molecular formula is C34H70O3SiSn2. The average molecular weight is 792 g/mol. The van der Waals surface area contributed by atoms with Crippen molar-refractivity contribution in [2.75, 3.05) is 7.11 Å². The van der Waals surface area contributed by atoms with Crippen molar-refractivity contribution in [2.45, 2.75) is 173 Å². The zero-order valence-electron chi connectivity index (χ0n) is 28.7. The molecule has 2 atom stereocenters. The molecule has 0 aliphatic heterocycles. The topological polar surface area (TPSA) is 46.5 Å². The molecular weight excluding hydrogens is 722 g/mol. The van der Waals surface area contributed by atoms with Gasteiger partial charge in [0.15, 0.2) is 0 Å². The summed E-state index contributed by atoms with van der Waals surface area (Å²) in [5, 5.41) is 12.0. The number of esters is 1. The molecule has 40 heavy (non-hydrogen) atoms. The van der Waals surface area contributed by atoms with Gasteiger partial charge in [-0.2, -0.15) is 0 Å². The molecule has 1 N–H and O–H groups in total. The second-order valence-electron chi connectivity index (χ2n) is 13.8. The summed E-state index contributed by atoms with van der Waals surface area (Å²) in [4.78, 5) is 14.1. The van der Waals surface area contributed by atoms with Gasteiger partial charge in [0, 0.05) is 0 Å². The van der Waals surface area contributed by atoms with Crippen LogP contribution in [0.15, 0.2) is 0 Å². The molecule has 0 aromatic rings. The fourth-order valence-corrected chi connectivity index (χ4v) is 86.9. The summed E-state index contributed by atoms with van der Waals surface area (Å²) in [5.74, 6) is 2.77. The van der Waals surface area contributed by atoms with Gasteiger partial charge in [-0.25, -0.2) is 0 Å². The molecule has 0 rings (SSSR count). The number of hydrogen-bond acceptors (Lipinski definition) is 3. The average Bonchev–Trinajstić information content (AvgIpc) is 2.94. The second-order valence-corrected chi connectivity index (χ2v) is 51.0. The number of hydrogen-bond donors (Lipinski definition) is 1. The Balaban J connectivity index is 7.78. The van der Waals surface area contributed by atoms with Crippen molar-refractivity contribution in [3.63, 3.8) is 0 Å². The first-order chi connectivity index (χ1) is 19.0. The van der Waals surface area contributed by atoms with Crippen LogP contribution in [-0.2, 0) is 9.53 Å². The molecule has 0 bridgehead atoms. The zero-order valence-corrected chi connectivity index (χ0v) is 35.4. The number of aliphatic hydroxyl groups excluding tert-OH is 1. The Morgan fingerprint density at radius 3 is 1.20 bits per heavy atom. The van der Waals surface area contributed by atoms with E-state index in [1.54, 1.807) is 7.11 Å². The molecule has 0 aliphatic rings. The van der Waals surface area contributed by atoms with Crippen LogP contribution in [0.2, 0.25) is 48.2 Å². The number of methoxy groups -OCH3 is 1. The Bertz CT molecular complexity index is 649. The van der Waals surface area contributed by atoms with E-state index in [1.807, 2.05) is 0 Å². The molecule has 0 saturated carbocycles. The molecule has 0 amide bonds. The molecule has 0 aliphatic carbocycles. The summed E-state index contributed by atoms with van der Waals surface area (Å²) in [7, 11) is -0.139. The minimum absolute atomic E-state index is 0.140. The molecule has 6 heteroatoms. The van der Waals surface area contributed by atoms with Crippen molar-refractivity contribution in [3.05, 3.63) is 0 Å². The Hall–Kier alpha value is 0.804. The fraction of sp³-hybridized carbons (Fsp3) is 0.912. The molecule has 0 saturated heterocycles. The molecule has 236 valence electrons. The first kappa shape index (κ1) is 40.8. The Kier molecular flexibility index (Phi) is 22.8. The Labute approximate surface area is 260 Å². The van der Waals surface area contributed by atoms with Crippen LogP contribution in [-0.4, -0.2) is 69.1 Å². The van der Waals surface area contributed by atoms with Crippen molar-refractivity contribution >= 4 is 50.8 Å². The maximum absolute atomic E-state index is 14.1. The molecule has 0 fully saturated rings. The van der Waals surface area contributed by atoms with E-state index in [1.165, 1.54) is 104 Å². The van der Waals surface area contributed by atoms with Crippen LogP contribution >= 0.6 is 0 Å². The predicted octanol–water partition coefficient (Wildman–Crippen LogP) is 10.6. The van der Waals surface area contributed by atoms with Gasteiger partial charge in [0.25, 0.3) is 0 Å². The summed E-state index contributed by atoms with van der Waals surface area (Å²) in [6.45, 7) is 20.8. The van der Waals surface area contributed by atoms with Gasteiger partial charge in [-0.05, 0) is 0 Å². The van der Waals surface area contributed by atoms with Crippen molar-refractivity contribution in [1.82, 2.24) is 0 Å². The Morgan fingerprint density at radius 1 is 0.675 bits per heavy atom. The van der Waals surface area contributed by atoms with Crippen molar-refractivity contribution in [3.8, 4) is 11.5 Å². The first-order valence-corrected chi connectivity index (χ1v) is 36.2. The van der Waals surface area contributed by atoms with Crippen LogP contribution in [0.25, 0.3) is 0 Å². The third-order valence-corrected chi connectivity index (χ3v) is 66.3. The van der Waals surface area contributed by atoms with Gasteiger partial charge >= 0.3 is 263 Å². The standard InChI is InChI=1S/C10H16O3Si.6C4H9.2Sn/c1-8(10(12)13-2)9(11)6-7-14(3,4)5;6*1-3-4-2;;/h1,8-9,11H,2-5H3;6*1,3-4H2,2H3;;/t8-,9-;;;;;;;;/m1......../s1. The van der Waals surface area contributed by atoms with Gasteiger partial charge in [-0.15, -0.1) is 0 Å². The van der Waals surface area contributed by atoms with Crippen molar-refractivity contribution in [2.24, 2.45) is 5.92 Å². The number of carbonyl (C=O) groups excluding carboxylic acids is 1. The summed E-state index contributed by atoms with van der Waals surface area (Å²) in [6.07, 6.45) is 14.2.